The van der Waals surface area contributed by atoms with Gasteiger partial charge >= 0.3 is 0 Å². The van der Waals surface area contributed by atoms with Crippen molar-refractivity contribution in [1.82, 2.24) is 4.98 Å². The first-order valence-electron chi connectivity index (χ1n) is 7.29. The fourth-order valence-electron chi connectivity index (χ4n) is 2.10. The van der Waals surface area contributed by atoms with Gasteiger partial charge in [-0.25, -0.2) is 4.98 Å². The van der Waals surface area contributed by atoms with Gasteiger partial charge in [0.15, 0.2) is 0 Å². The van der Waals surface area contributed by atoms with Crippen molar-refractivity contribution in [2.75, 3.05) is 5.43 Å². The van der Waals surface area contributed by atoms with Gasteiger partial charge in [0.1, 0.15) is 0 Å². The Morgan fingerprint density at radius 2 is 1.88 bits per heavy atom. The maximum Gasteiger partial charge on any atom is 0.269 e. The largest absolute Gasteiger partial charge is 0.269 e. The Morgan fingerprint density at radius 3 is 2.52 bits per heavy atom. The van der Waals surface area contributed by atoms with Gasteiger partial charge in [-0.3, -0.25) is 15.5 Å². The molecule has 1 heterocycles. The predicted molar refractivity (Wildman–Crippen MR) is 101 cm³/mol. The Balaban J connectivity index is 1.72. The Bertz CT molecular complexity index is 921. The third kappa shape index (κ3) is 4.20. The Hall–Kier alpha value is -2.77. The normalized spacial score (nSPS) is 11.4. The molecule has 0 aliphatic rings. The molecular weight excluding hydrogens is 360 g/mol. The second-order valence-corrected chi connectivity index (χ2v) is 6.45. The summed E-state index contributed by atoms with van der Waals surface area (Å²) in [5, 5.41) is 18.2. The molecule has 2 aromatic carbocycles. The van der Waals surface area contributed by atoms with Crippen molar-refractivity contribution in [3.63, 3.8) is 0 Å². The van der Waals surface area contributed by atoms with Crippen LogP contribution in [-0.4, -0.2) is 15.6 Å². The predicted octanol–water partition coefficient (Wildman–Crippen LogP) is 5.21. The number of nitro benzene ring substituents is 1. The lowest BCUT2D eigenvalue weighted by Gasteiger charge is -2.01. The molecule has 3 rings (SSSR count). The molecule has 8 heteroatoms. The number of thiazole rings is 1. The quantitative estimate of drug-likeness (QED) is 0.379. The van der Waals surface area contributed by atoms with E-state index in [1.807, 2.05) is 36.6 Å². The zero-order valence-electron chi connectivity index (χ0n) is 13.1. The van der Waals surface area contributed by atoms with Crippen molar-refractivity contribution in [2.45, 2.75) is 6.92 Å². The fraction of sp³-hybridized carbons (Fsp3) is 0.0588. The van der Waals surface area contributed by atoms with E-state index < -0.39 is 4.92 Å². The van der Waals surface area contributed by atoms with Crippen molar-refractivity contribution >= 4 is 39.5 Å². The number of halogens is 1. The van der Waals surface area contributed by atoms with Crippen LogP contribution in [0.15, 0.2) is 59.0 Å². The number of nitrogens with one attached hydrogen (secondary N) is 1. The van der Waals surface area contributed by atoms with E-state index in [-0.39, 0.29) is 5.69 Å². The van der Waals surface area contributed by atoms with Gasteiger partial charge in [0.05, 0.1) is 16.3 Å². The summed E-state index contributed by atoms with van der Waals surface area (Å²) in [6.07, 6.45) is 0. The number of anilines is 1. The van der Waals surface area contributed by atoms with Crippen LogP contribution in [0.4, 0.5) is 10.8 Å². The minimum atomic E-state index is -0.425. The number of aromatic nitrogens is 1. The van der Waals surface area contributed by atoms with Crippen LogP contribution in [0, 0.1) is 10.1 Å². The molecule has 0 atom stereocenters. The third-order valence-electron chi connectivity index (χ3n) is 3.46. The monoisotopic (exact) mass is 372 g/mol. The molecule has 0 radical (unpaired) electrons. The number of hydrogen-bond acceptors (Lipinski definition) is 6. The highest BCUT2D eigenvalue weighted by atomic mass is 35.5. The van der Waals surface area contributed by atoms with Crippen molar-refractivity contribution in [3.05, 3.63) is 74.6 Å². The van der Waals surface area contributed by atoms with E-state index in [1.165, 1.54) is 23.5 Å². The molecule has 0 fully saturated rings. The number of benzene rings is 2. The van der Waals surface area contributed by atoms with E-state index in [4.69, 9.17) is 11.6 Å². The van der Waals surface area contributed by atoms with Crippen LogP contribution in [-0.2, 0) is 0 Å². The first-order valence-corrected chi connectivity index (χ1v) is 8.55. The maximum atomic E-state index is 10.7. The summed E-state index contributed by atoms with van der Waals surface area (Å²) < 4.78 is 0. The van der Waals surface area contributed by atoms with Crippen LogP contribution in [0.5, 0.6) is 0 Å². The Morgan fingerprint density at radius 1 is 1.20 bits per heavy atom. The number of hydrogen-bond donors (Lipinski definition) is 1. The van der Waals surface area contributed by atoms with Gasteiger partial charge in [-0.15, -0.1) is 11.3 Å². The summed E-state index contributed by atoms with van der Waals surface area (Å²) in [7, 11) is 0. The van der Waals surface area contributed by atoms with Crippen LogP contribution < -0.4 is 5.43 Å². The van der Waals surface area contributed by atoms with Crippen molar-refractivity contribution in [3.8, 4) is 11.3 Å². The molecule has 1 aromatic heterocycles. The van der Waals surface area contributed by atoms with Gasteiger partial charge < -0.3 is 0 Å². The fourth-order valence-corrected chi connectivity index (χ4v) is 2.89. The first kappa shape index (κ1) is 17.1. The maximum absolute atomic E-state index is 10.7. The van der Waals surface area contributed by atoms with Gasteiger partial charge in [-0.05, 0) is 36.8 Å². The molecule has 0 saturated heterocycles. The molecule has 0 amide bonds. The summed E-state index contributed by atoms with van der Waals surface area (Å²) >= 11 is 7.29. The molecular formula is C17H13ClN4O2S. The summed E-state index contributed by atoms with van der Waals surface area (Å²) in [6.45, 7) is 1.89. The minimum absolute atomic E-state index is 0.0560. The lowest BCUT2D eigenvalue weighted by atomic mass is 10.1. The first-order chi connectivity index (χ1) is 12.0. The van der Waals surface area contributed by atoms with Crippen LogP contribution in [0.2, 0.25) is 5.02 Å². The molecule has 0 aliphatic carbocycles. The lowest BCUT2D eigenvalue weighted by Crippen LogP contribution is -1.99. The van der Waals surface area contributed by atoms with E-state index >= 15 is 0 Å². The molecule has 0 saturated carbocycles. The highest BCUT2D eigenvalue weighted by Crippen LogP contribution is 2.26. The molecule has 126 valence electrons. The van der Waals surface area contributed by atoms with Gasteiger partial charge in [-0.2, -0.15) is 5.10 Å². The van der Waals surface area contributed by atoms with Crippen molar-refractivity contribution in [1.29, 1.82) is 0 Å². The zero-order valence-corrected chi connectivity index (χ0v) is 14.7. The SMILES string of the molecule is C/C(=N\Nc1nc(-c2ccc([N+](=O)[O-])cc2)cs1)c1ccc(Cl)cc1. The van der Waals surface area contributed by atoms with Crippen molar-refractivity contribution < 1.29 is 4.92 Å². The third-order valence-corrected chi connectivity index (χ3v) is 4.46. The van der Waals surface area contributed by atoms with Gasteiger partial charge in [0, 0.05) is 28.1 Å². The minimum Gasteiger partial charge on any atom is -0.258 e. The number of hydrazone groups is 1. The van der Waals surface area contributed by atoms with E-state index in [2.05, 4.69) is 15.5 Å². The highest BCUT2D eigenvalue weighted by molar-refractivity contribution is 7.14. The van der Waals surface area contributed by atoms with Crippen LogP contribution in [0.3, 0.4) is 0 Å². The molecule has 1 N–H and O–H groups in total. The van der Waals surface area contributed by atoms with Crippen LogP contribution in [0.1, 0.15) is 12.5 Å². The van der Waals surface area contributed by atoms with Gasteiger partial charge in [0.25, 0.3) is 5.69 Å². The Kier molecular flexibility index (Phi) is 5.06. The molecule has 0 aliphatic heterocycles. The van der Waals surface area contributed by atoms with E-state index in [0.717, 1.165) is 22.5 Å². The average Bonchev–Trinajstić information content (AvgIpc) is 3.09. The lowest BCUT2D eigenvalue weighted by molar-refractivity contribution is -0.384. The molecule has 0 unspecified atom stereocenters. The second-order valence-electron chi connectivity index (χ2n) is 5.16. The summed E-state index contributed by atoms with van der Waals surface area (Å²) in [5.74, 6) is 0. The van der Waals surface area contributed by atoms with Crippen LogP contribution >= 0.6 is 22.9 Å². The van der Waals surface area contributed by atoms with Crippen LogP contribution in [0.25, 0.3) is 11.3 Å². The molecule has 25 heavy (non-hydrogen) atoms. The Labute approximate surface area is 153 Å². The number of rotatable bonds is 5. The topological polar surface area (TPSA) is 80.4 Å². The molecule has 0 bridgehead atoms. The van der Waals surface area contributed by atoms with E-state index in [1.54, 1.807) is 12.1 Å². The molecule has 0 spiro atoms. The van der Waals surface area contributed by atoms with Gasteiger partial charge in [-0.1, -0.05) is 23.7 Å². The summed E-state index contributed by atoms with van der Waals surface area (Å²) in [4.78, 5) is 14.7. The summed E-state index contributed by atoms with van der Waals surface area (Å²) in [6, 6.07) is 13.7. The summed E-state index contributed by atoms with van der Waals surface area (Å²) in [5.41, 5.74) is 6.31. The average molecular weight is 373 g/mol. The zero-order chi connectivity index (χ0) is 17.8. The van der Waals surface area contributed by atoms with E-state index in [0.29, 0.717) is 10.2 Å². The number of nitro groups is 1. The molecule has 6 nitrogen and oxygen atoms in total. The second kappa shape index (κ2) is 7.42. The standard InChI is InChI=1S/C17H13ClN4O2S/c1-11(12-2-6-14(18)7-3-12)20-21-17-19-16(10-25-17)13-4-8-15(9-5-13)22(23)24/h2-10H,1H3,(H,19,21)/b20-11+. The number of nitrogens with zero attached hydrogens (tertiary/aromatic N) is 3. The van der Waals surface area contributed by atoms with E-state index in [9.17, 15) is 10.1 Å². The van der Waals surface area contributed by atoms with Crippen molar-refractivity contribution in [2.24, 2.45) is 5.10 Å². The highest BCUT2D eigenvalue weighted by Gasteiger charge is 2.08. The smallest absolute Gasteiger partial charge is 0.258 e. The van der Waals surface area contributed by atoms with Gasteiger partial charge in [0.2, 0.25) is 5.13 Å². The molecule has 3 aromatic rings. The number of non-ortho nitro benzene ring substituents is 1.